The van der Waals surface area contributed by atoms with E-state index in [1.165, 1.54) is 35.7 Å². The number of hydrogen-bond donors (Lipinski definition) is 4. The summed E-state index contributed by atoms with van der Waals surface area (Å²) in [6, 6.07) is 16.7. The van der Waals surface area contributed by atoms with E-state index in [2.05, 4.69) is 15.8 Å². The molecule has 2 heterocycles. The molecule has 6 rings (SSSR count). The molecule has 0 radical (unpaired) electrons. The van der Waals surface area contributed by atoms with Crippen LogP contribution in [0.5, 0.6) is 0 Å². The van der Waals surface area contributed by atoms with Gasteiger partial charge in [0.1, 0.15) is 0 Å². The van der Waals surface area contributed by atoms with Crippen molar-refractivity contribution in [2.45, 2.75) is 30.7 Å². The number of carbonyl (C=O) groups is 2. The number of hydrogen-bond acceptors (Lipinski definition) is 7. The third-order valence-electron chi connectivity index (χ3n) is 6.50. The second-order valence-electron chi connectivity index (χ2n) is 9.33. The van der Waals surface area contributed by atoms with Crippen molar-refractivity contribution in [3.05, 3.63) is 118 Å². The molecule has 0 bridgehead atoms. The number of carbonyl (C=O) groups excluding carboxylic acids is 2. The fourth-order valence-electron chi connectivity index (χ4n) is 4.39. The molecule has 0 aromatic heterocycles. The molecule has 0 spiro atoms. The summed E-state index contributed by atoms with van der Waals surface area (Å²) in [5.74, 6) is -3.55. The van der Waals surface area contributed by atoms with E-state index in [0.29, 0.717) is 33.1 Å². The quantitative estimate of drug-likeness (QED) is 0.100. The van der Waals surface area contributed by atoms with Crippen molar-refractivity contribution in [3.63, 3.8) is 0 Å². The van der Waals surface area contributed by atoms with Crippen LogP contribution in [-0.4, -0.2) is 34.2 Å². The highest BCUT2D eigenvalue weighted by Gasteiger charge is 2.26. The van der Waals surface area contributed by atoms with Crippen LogP contribution in [0.2, 0.25) is 0 Å². The van der Waals surface area contributed by atoms with E-state index in [9.17, 15) is 27.2 Å². The Balaban J connectivity index is 0.000000235. The first kappa shape index (κ1) is 35.2. The van der Waals surface area contributed by atoms with E-state index in [4.69, 9.17) is 10.9 Å². The summed E-state index contributed by atoms with van der Waals surface area (Å²) in [6.07, 6.45) is 0. The number of rotatable bonds is 4. The summed E-state index contributed by atoms with van der Waals surface area (Å²) in [5.41, 5.74) is 9.37. The molecule has 1 atom stereocenters. The molecule has 236 valence electrons. The number of nitrogens with two attached hydrogens (primary N) is 1. The van der Waals surface area contributed by atoms with Gasteiger partial charge in [-0.15, -0.1) is 23.5 Å². The zero-order chi connectivity index (χ0) is 30.7. The minimum Gasteiger partial charge on any atom is -0.411 e. The lowest BCUT2D eigenvalue weighted by Crippen LogP contribution is -2.14. The van der Waals surface area contributed by atoms with Crippen molar-refractivity contribution in [2.75, 3.05) is 22.1 Å². The SMILES string of the molecule is C.C.NC1CSc2c(C(=O)Nc3ccc(F)c(F)c3)cccc21.O=C(Nc1ccc(F)c(F)c1)c1cccc2c1SC/C2=N\O. The maximum atomic E-state index is 13.2. The Morgan fingerprint density at radius 3 is 1.82 bits per heavy atom. The highest BCUT2D eigenvalue weighted by molar-refractivity contribution is 8.00. The van der Waals surface area contributed by atoms with Gasteiger partial charge in [0.25, 0.3) is 11.8 Å². The van der Waals surface area contributed by atoms with Gasteiger partial charge in [-0.05, 0) is 42.0 Å². The predicted octanol–water partition coefficient (Wildman–Crippen LogP) is 8.10. The summed E-state index contributed by atoms with van der Waals surface area (Å²) >= 11 is 2.91. The largest absolute Gasteiger partial charge is 0.411 e. The van der Waals surface area contributed by atoms with Gasteiger partial charge in [0.05, 0.1) is 16.8 Å². The lowest BCUT2D eigenvalue weighted by Gasteiger charge is -2.10. The van der Waals surface area contributed by atoms with Crippen molar-refractivity contribution in [2.24, 2.45) is 10.9 Å². The minimum atomic E-state index is -1.03. The number of fused-ring (bicyclic) bond motifs is 2. The maximum absolute atomic E-state index is 13.2. The molecule has 0 aliphatic carbocycles. The number of benzene rings is 4. The Kier molecular flexibility index (Phi) is 11.8. The van der Waals surface area contributed by atoms with Gasteiger partial charge < -0.3 is 21.6 Å². The predicted molar refractivity (Wildman–Crippen MR) is 172 cm³/mol. The topological polar surface area (TPSA) is 117 Å². The minimum absolute atomic E-state index is 0. The van der Waals surface area contributed by atoms with E-state index < -0.39 is 29.2 Å². The molecule has 4 aromatic rings. The summed E-state index contributed by atoms with van der Waals surface area (Å²) in [4.78, 5) is 26.2. The smallest absolute Gasteiger partial charge is 0.256 e. The summed E-state index contributed by atoms with van der Waals surface area (Å²) in [5, 5.41) is 17.2. The van der Waals surface area contributed by atoms with Crippen LogP contribution in [0.1, 0.15) is 52.7 Å². The Morgan fingerprint density at radius 2 is 1.29 bits per heavy atom. The van der Waals surface area contributed by atoms with Gasteiger partial charge in [-0.2, -0.15) is 0 Å². The Bertz CT molecular complexity index is 1770. The summed E-state index contributed by atoms with van der Waals surface area (Å²) in [6.45, 7) is 0. The standard InChI is InChI=1S/C15H10F2N2O2S.C15H12F2N2OS.2CH4/c16-11-5-4-8(6-12(11)17)18-15(20)10-3-1-2-9-13(19-21)7-22-14(9)10;16-11-5-4-8(6-12(11)17)19-15(20)10-3-1-2-9-13(18)7-21-14(9)10;;/h1-6,21H,7H2,(H,18,20);1-6,13H,7,18H2,(H,19,20);2*1H4/b19-13+;;;. The van der Waals surface area contributed by atoms with Gasteiger partial charge in [-0.25, -0.2) is 17.6 Å². The van der Waals surface area contributed by atoms with Gasteiger partial charge in [-0.3, -0.25) is 9.59 Å². The molecular formula is C32H30F4N4O3S2. The maximum Gasteiger partial charge on any atom is 0.256 e. The Morgan fingerprint density at radius 1 is 0.756 bits per heavy atom. The molecule has 5 N–H and O–H groups in total. The van der Waals surface area contributed by atoms with Gasteiger partial charge in [0.15, 0.2) is 23.3 Å². The van der Waals surface area contributed by atoms with Gasteiger partial charge >= 0.3 is 0 Å². The van der Waals surface area contributed by atoms with Crippen LogP contribution >= 0.6 is 23.5 Å². The van der Waals surface area contributed by atoms with Crippen molar-refractivity contribution in [3.8, 4) is 0 Å². The van der Waals surface area contributed by atoms with Crippen LogP contribution in [0.3, 0.4) is 0 Å². The molecule has 13 heteroatoms. The molecule has 0 fully saturated rings. The van der Waals surface area contributed by atoms with Crippen molar-refractivity contribution in [1.29, 1.82) is 0 Å². The monoisotopic (exact) mass is 658 g/mol. The van der Waals surface area contributed by atoms with Gasteiger partial charge in [0.2, 0.25) is 0 Å². The molecule has 2 aliphatic rings. The van der Waals surface area contributed by atoms with E-state index in [0.717, 1.165) is 40.5 Å². The van der Waals surface area contributed by atoms with Crippen LogP contribution in [0.25, 0.3) is 0 Å². The molecule has 2 amide bonds. The molecule has 45 heavy (non-hydrogen) atoms. The second kappa shape index (κ2) is 15.1. The average molecular weight is 659 g/mol. The molecule has 7 nitrogen and oxygen atoms in total. The van der Waals surface area contributed by atoms with E-state index in [1.54, 1.807) is 30.3 Å². The fraction of sp³-hybridized carbons (Fsp3) is 0.156. The van der Waals surface area contributed by atoms with Crippen LogP contribution in [0.15, 0.2) is 87.7 Å². The van der Waals surface area contributed by atoms with Crippen LogP contribution in [0.4, 0.5) is 28.9 Å². The number of halogens is 4. The zero-order valence-electron chi connectivity index (χ0n) is 22.0. The summed E-state index contributed by atoms with van der Waals surface area (Å²) < 4.78 is 52.1. The third kappa shape index (κ3) is 7.67. The van der Waals surface area contributed by atoms with Crippen molar-refractivity contribution in [1.82, 2.24) is 0 Å². The molecule has 0 saturated carbocycles. The molecular weight excluding hydrogens is 629 g/mol. The molecule has 2 aliphatic heterocycles. The number of amides is 2. The highest BCUT2D eigenvalue weighted by atomic mass is 32.2. The average Bonchev–Trinajstić information content (AvgIpc) is 3.60. The fourth-order valence-corrected chi connectivity index (χ4v) is 6.77. The molecule has 4 aromatic carbocycles. The number of nitrogens with one attached hydrogen (secondary N) is 2. The first-order chi connectivity index (χ1) is 20.7. The Labute approximate surface area is 266 Å². The zero-order valence-corrected chi connectivity index (χ0v) is 23.7. The van der Waals surface area contributed by atoms with Gasteiger partial charge in [0, 0.05) is 56.4 Å². The second-order valence-corrected chi connectivity index (χ2v) is 11.3. The van der Waals surface area contributed by atoms with Crippen LogP contribution in [-0.2, 0) is 0 Å². The number of oxime groups is 1. The lowest BCUT2D eigenvalue weighted by atomic mass is 10.1. The third-order valence-corrected chi connectivity index (χ3v) is 8.91. The number of anilines is 2. The van der Waals surface area contributed by atoms with E-state index in [-0.39, 0.29) is 38.2 Å². The van der Waals surface area contributed by atoms with Crippen molar-refractivity contribution < 1.29 is 32.4 Å². The lowest BCUT2D eigenvalue weighted by molar-refractivity contribution is 0.101. The van der Waals surface area contributed by atoms with Gasteiger partial charge in [-0.1, -0.05) is 44.3 Å². The van der Waals surface area contributed by atoms with Crippen LogP contribution < -0.4 is 16.4 Å². The van der Waals surface area contributed by atoms with E-state index in [1.807, 2.05) is 6.07 Å². The summed E-state index contributed by atoms with van der Waals surface area (Å²) in [7, 11) is 0. The first-order valence-electron chi connectivity index (χ1n) is 12.7. The number of nitrogens with zero attached hydrogens (tertiary/aromatic N) is 1. The Hall–Kier alpha value is -4.33. The normalized spacial score (nSPS) is 15.0. The number of thioether (sulfide) groups is 2. The van der Waals surface area contributed by atoms with Crippen molar-refractivity contribution >= 4 is 52.4 Å². The molecule has 1 unspecified atom stereocenters. The van der Waals surface area contributed by atoms with E-state index >= 15 is 0 Å². The highest BCUT2D eigenvalue weighted by Crippen LogP contribution is 2.39. The van der Waals surface area contributed by atoms with Crippen LogP contribution in [0, 0.1) is 23.3 Å². The first-order valence-corrected chi connectivity index (χ1v) is 14.6. The molecule has 0 saturated heterocycles.